The number of anilines is 2. The molecular formula is C10H11N3. The molecule has 2 aromatic rings. The van der Waals surface area contributed by atoms with Crippen molar-refractivity contribution < 1.29 is 0 Å². The molecule has 0 saturated carbocycles. The summed E-state index contributed by atoms with van der Waals surface area (Å²) in [6, 6.07) is 5.69. The van der Waals surface area contributed by atoms with E-state index in [0.29, 0.717) is 11.5 Å². The summed E-state index contributed by atoms with van der Waals surface area (Å²) in [7, 11) is 0. The van der Waals surface area contributed by atoms with Gasteiger partial charge in [0.05, 0.1) is 0 Å². The highest BCUT2D eigenvalue weighted by Gasteiger charge is 2.01. The summed E-state index contributed by atoms with van der Waals surface area (Å²) >= 11 is 0. The molecule has 66 valence electrons. The van der Waals surface area contributed by atoms with Crippen LogP contribution in [0.25, 0.3) is 10.8 Å². The van der Waals surface area contributed by atoms with Crippen LogP contribution in [0.2, 0.25) is 0 Å². The zero-order valence-electron chi connectivity index (χ0n) is 7.41. The summed E-state index contributed by atoms with van der Waals surface area (Å²) < 4.78 is 0. The van der Waals surface area contributed by atoms with Gasteiger partial charge in [-0.15, -0.1) is 0 Å². The van der Waals surface area contributed by atoms with E-state index in [4.69, 9.17) is 11.5 Å². The molecule has 0 aliphatic heterocycles. The number of fused-ring (bicyclic) bond motifs is 1. The van der Waals surface area contributed by atoms with Gasteiger partial charge in [0, 0.05) is 17.3 Å². The molecule has 3 heteroatoms. The maximum absolute atomic E-state index is 5.73. The molecule has 0 aliphatic carbocycles. The molecule has 4 N–H and O–H groups in total. The first-order valence-electron chi connectivity index (χ1n) is 4.09. The van der Waals surface area contributed by atoms with Gasteiger partial charge in [-0.1, -0.05) is 6.07 Å². The third kappa shape index (κ3) is 1.18. The van der Waals surface area contributed by atoms with Crippen LogP contribution >= 0.6 is 0 Å². The van der Waals surface area contributed by atoms with Crippen LogP contribution in [0.1, 0.15) is 5.56 Å². The zero-order valence-corrected chi connectivity index (χ0v) is 7.41. The third-order valence-electron chi connectivity index (χ3n) is 2.14. The van der Waals surface area contributed by atoms with Gasteiger partial charge >= 0.3 is 0 Å². The van der Waals surface area contributed by atoms with E-state index in [9.17, 15) is 0 Å². The molecule has 0 unspecified atom stereocenters. The lowest BCUT2D eigenvalue weighted by molar-refractivity contribution is 1.31. The molecule has 0 spiro atoms. The Morgan fingerprint density at radius 2 is 1.92 bits per heavy atom. The quantitative estimate of drug-likeness (QED) is 0.596. The van der Waals surface area contributed by atoms with E-state index in [1.54, 1.807) is 6.20 Å². The number of nitrogen functional groups attached to an aromatic ring is 2. The standard InChI is InChI=1S/C10H11N3/c1-6-5-13-10(12)9-4-7(11)2-3-8(6)9/h2-5H,11H2,1H3,(H2,12,13). The van der Waals surface area contributed by atoms with E-state index in [0.717, 1.165) is 16.3 Å². The third-order valence-corrected chi connectivity index (χ3v) is 2.14. The van der Waals surface area contributed by atoms with Crippen molar-refractivity contribution in [2.75, 3.05) is 11.5 Å². The summed E-state index contributed by atoms with van der Waals surface area (Å²) in [6.45, 7) is 2.00. The van der Waals surface area contributed by atoms with Crippen molar-refractivity contribution in [3.8, 4) is 0 Å². The van der Waals surface area contributed by atoms with E-state index >= 15 is 0 Å². The number of nitrogens with zero attached hydrogens (tertiary/aromatic N) is 1. The number of pyridine rings is 1. The first-order chi connectivity index (χ1) is 6.18. The number of hydrogen-bond donors (Lipinski definition) is 2. The lowest BCUT2D eigenvalue weighted by atomic mass is 10.1. The number of rotatable bonds is 0. The van der Waals surface area contributed by atoms with Gasteiger partial charge in [0.2, 0.25) is 0 Å². The second kappa shape index (κ2) is 2.62. The highest BCUT2D eigenvalue weighted by Crippen LogP contribution is 2.23. The maximum atomic E-state index is 5.73. The highest BCUT2D eigenvalue weighted by molar-refractivity contribution is 5.94. The van der Waals surface area contributed by atoms with Crippen molar-refractivity contribution in [2.24, 2.45) is 0 Å². The first kappa shape index (κ1) is 7.86. The summed E-state index contributed by atoms with van der Waals surface area (Å²) in [5.74, 6) is 0.535. The summed E-state index contributed by atoms with van der Waals surface area (Å²) in [5, 5.41) is 2.04. The van der Waals surface area contributed by atoms with Crippen molar-refractivity contribution in [1.82, 2.24) is 4.98 Å². The number of hydrogen-bond acceptors (Lipinski definition) is 3. The average molecular weight is 173 g/mol. The molecule has 0 saturated heterocycles. The zero-order chi connectivity index (χ0) is 9.42. The van der Waals surface area contributed by atoms with Crippen molar-refractivity contribution in [2.45, 2.75) is 6.92 Å². The fourth-order valence-electron chi connectivity index (χ4n) is 1.42. The largest absolute Gasteiger partial charge is 0.399 e. The van der Waals surface area contributed by atoms with Gasteiger partial charge in [0.1, 0.15) is 5.82 Å². The van der Waals surface area contributed by atoms with Gasteiger partial charge in [-0.3, -0.25) is 0 Å². The monoisotopic (exact) mass is 173 g/mol. The Kier molecular flexibility index (Phi) is 1.59. The molecule has 13 heavy (non-hydrogen) atoms. The smallest absolute Gasteiger partial charge is 0.131 e. The molecule has 1 aromatic heterocycles. The Balaban J connectivity index is 2.92. The molecule has 3 nitrogen and oxygen atoms in total. The number of aromatic nitrogens is 1. The second-order valence-corrected chi connectivity index (χ2v) is 3.13. The molecule has 0 aliphatic rings. The summed E-state index contributed by atoms with van der Waals surface area (Å²) in [4.78, 5) is 4.07. The molecule has 0 radical (unpaired) electrons. The predicted molar refractivity (Wildman–Crippen MR) is 55.3 cm³/mol. The van der Waals surface area contributed by atoms with Crippen molar-refractivity contribution in [3.63, 3.8) is 0 Å². The Bertz CT molecular complexity index is 463. The van der Waals surface area contributed by atoms with Crippen LogP contribution in [0.4, 0.5) is 11.5 Å². The fraction of sp³-hybridized carbons (Fsp3) is 0.100. The van der Waals surface area contributed by atoms with Gasteiger partial charge in [-0.05, 0) is 30.0 Å². The molecule has 0 atom stereocenters. The van der Waals surface area contributed by atoms with Crippen LogP contribution in [0.3, 0.4) is 0 Å². The Morgan fingerprint density at radius 3 is 2.69 bits per heavy atom. The second-order valence-electron chi connectivity index (χ2n) is 3.13. The van der Waals surface area contributed by atoms with Crippen LogP contribution in [0, 0.1) is 6.92 Å². The van der Waals surface area contributed by atoms with Crippen LogP contribution in [-0.2, 0) is 0 Å². The van der Waals surface area contributed by atoms with E-state index in [2.05, 4.69) is 4.98 Å². The Hall–Kier alpha value is -1.77. The minimum Gasteiger partial charge on any atom is -0.399 e. The van der Waals surface area contributed by atoms with Gasteiger partial charge in [0.25, 0.3) is 0 Å². The molecule has 0 bridgehead atoms. The lowest BCUT2D eigenvalue weighted by Gasteiger charge is -2.04. The van der Waals surface area contributed by atoms with E-state index in [1.807, 2.05) is 25.1 Å². The van der Waals surface area contributed by atoms with Crippen molar-refractivity contribution in [3.05, 3.63) is 30.0 Å². The SMILES string of the molecule is Cc1cnc(N)c2cc(N)ccc12. The normalized spacial score (nSPS) is 10.5. The minimum absolute atomic E-state index is 0.535. The maximum Gasteiger partial charge on any atom is 0.131 e. The van der Waals surface area contributed by atoms with Gasteiger partial charge in [-0.25, -0.2) is 4.98 Å². The topological polar surface area (TPSA) is 64.9 Å². The molecule has 2 rings (SSSR count). The summed E-state index contributed by atoms with van der Waals surface area (Å²) in [6.07, 6.45) is 1.77. The van der Waals surface area contributed by atoms with Crippen molar-refractivity contribution >= 4 is 22.3 Å². The van der Waals surface area contributed by atoms with E-state index in [-0.39, 0.29) is 0 Å². The Labute approximate surface area is 76.4 Å². The molecule has 0 fully saturated rings. The van der Waals surface area contributed by atoms with Crippen LogP contribution in [0.15, 0.2) is 24.4 Å². The van der Waals surface area contributed by atoms with E-state index in [1.165, 1.54) is 0 Å². The molecule has 0 amide bonds. The number of nitrogens with two attached hydrogens (primary N) is 2. The van der Waals surface area contributed by atoms with Crippen LogP contribution in [-0.4, -0.2) is 4.98 Å². The predicted octanol–water partition coefficient (Wildman–Crippen LogP) is 1.71. The minimum atomic E-state index is 0.535. The van der Waals surface area contributed by atoms with Gasteiger partial charge < -0.3 is 11.5 Å². The van der Waals surface area contributed by atoms with Crippen LogP contribution in [0.5, 0.6) is 0 Å². The van der Waals surface area contributed by atoms with Gasteiger partial charge in [0.15, 0.2) is 0 Å². The number of benzene rings is 1. The Morgan fingerprint density at radius 1 is 1.15 bits per heavy atom. The highest BCUT2D eigenvalue weighted by atomic mass is 14.8. The van der Waals surface area contributed by atoms with E-state index < -0.39 is 0 Å². The first-order valence-corrected chi connectivity index (χ1v) is 4.09. The molecule has 1 heterocycles. The average Bonchev–Trinajstić information content (AvgIpc) is 2.12. The summed E-state index contributed by atoms with van der Waals surface area (Å²) in [5.41, 5.74) is 13.2. The lowest BCUT2D eigenvalue weighted by Crippen LogP contribution is -1.94. The van der Waals surface area contributed by atoms with Crippen LogP contribution < -0.4 is 11.5 Å². The fourth-order valence-corrected chi connectivity index (χ4v) is 1.42. The molecular weight excluding hydrogens is 162 g/mol. The molecule has 1 aromatic carbocycles. The van der Waals surface area contributed by atoms with Crippen molar-refractivity contribution in [1.29, 1.82) is 0 Å². The number of aryl methyl sites for hydroxylation is 1. The van der Waals surface area contributed by atoms with Gasteiger partial charge in [-0.2, -0.15) is 0 Å².